The van der Waals surface area contributed by atoms with Crippen molar-refractivity contribution >= 4 is 34.2 Å². The number of rotatable bonds is 2. The largest absolute Gasteiger partial charge is 0.379 e. The summed E-state index contributed by atoms with van der Waals surface area (Å²) in [7, 11) is 0. The number of aromatic nitrogens is 2. The Balaban J connectivity index is 1.76. The van der Waals surface area contributed by atoms with E-state index in [4.69, 9.17) is 10.7 Å². The molecule has 4 rings (SSSR count). The smallest absolute Gasteiger partial charge is 0.225 e. The van der Waals surface area contributed by atoms with Crippen LogP contribution in [0.4, 0.5) is 5.95 Å². The fourth-order valence-electron chi connectivity index (χ4n) is 3.10. The van der Waals surface area contributed by atoms with Gasteiger partial charge in [0, 0.05) is 35.5 Å². The van der Waals surface area contributed by atoms with Gasteiger partial charge in [0.15, 0.2) is 5.17 Å². The maximum Gasteiger partial charge on any atom is 0.225 e. The summed E-state index contributed by atoms with van der Waals surface area (Å²) < 4.78 is 0. The van der Waals surface area contributed by atoms with E-state index in [1.165, 1.54) is 4.88 Å². The van der Waals surface area contributed by atoms with E-state index >= 15 is 0 Å². The van der Waals surface area contributed by atoms with Gasteiger partial charge >= 0.3 is 0 Å². The van der Waals surface area contributed by atoms with Crippen molar-refractivity contribution in [3.8, 4) is 0 Å². The molecule has 7 heteroatoms. The second kappa shape index (κ2) is 4.99. The third-order valence-corrected chi connectivity index (χ3v) is 6.07. The monoisotopic (exact) mass is 317 g/mol. The van der Waals surface area contributed by atoms with Gasteiger partial charge in [0.25, 0.3) is 0 Å². The summed E-state index contributed by atoms with van der Waals surface area (Å²) in [6.45, 7) is 1.72. The van der Waals surface area contributed by atoms with Crippen molar-refractivity contribution in [2.24, 2.45) is 16.6 Å². The van der Waals surface area contributed by atoms with Crippen LogP contribution in [-0.2, 0) is 5.54 Å². The van der Waals surface area contributed by atoms with Crippen molar-refractivity contribution < 1.29 is 0 Å². The Labute approximate surface area is 131 Å². The predicted octanol–water partition coefficient (Wildman–Crippen LogP) is 1.93. The molecule has 0 aliphatic carbocycles. The first-order valence-electron chi connectivity index (χ1n) is 6.82. The van der Waals surface area contributed by atoms with Gasteiger partial charge < -0.3 is 10.6 Å². The van der Waals surface area contributed by atoms with E-state index in [9.17, 15) is 0 Å². The number of hydrogen-bond acceptors (Lipinski definition) is 7. The van der Waals surface area contributed by atoms with Crippen molar-refractivity contribution in [1.29, 1.82) is 0 Å². The molecule has 0 saturated carbocycles. The minimum Gasteiger partial charge on any atom is -0.379 e. The molecule has 0 amide bonds. The van der Waals surface area contributed by atoms with Crippen molar-refractivity contribution in [3.63, 3.8) is 0 Å². The lowest BCUT2D eigenvalue weighted by molar-refractivity contribution is 0.395. The number of nitrogens with zero attached hydrogens (tertiary/aromatic N) is 4. The molecule has 2 aromatic rings. The third-order valence-electron chi connectivity index (χ3n) is 4.07. The van der Waals surface area contributed by atoms with Crippen molar-refractivity contribution in [3.05, 3.63) is 40.8 Å². The second-order valence-electron chi connectivity index (χ2n) is 5.29. The van der Waals surface area contributed by atoms with Crippen LogP contribution in [0, 0.1) is 5.92 Å². The minimum absolute atomic E-state index is 0.233. The Morgan fingerprint density at radius 1 is 1.29 bits per heavy atom. The molecule has 0 bridgehead atoms. The summed E-state index contributed by atoms with van der Waals surface area (Å²) >= 11 is 3.41. The molecule has 4 heterocycles. The molecule has 108 valence electrons. The molecule has 21 heavy (non-hydrogen) atoms. The quantitative estimate of drug-likeness (QED) is 0.917. The number of hydrogen-bond donors (Lipinski definition) is 1. The molecule has 1 saturated heterocycles. The molecular weight excluding hydrogens is 302 g/mol. The molecule has 2 aromatic heterocycles. The maximum absolute atomic E-state index is 6.03. The Morgan fingerprint density at radius 2 is 2.14 bits per heavy atom. The number of aliphatic imine (C=N–C) groups is 1. The molecule has 0 spiro atoms. The Morgan fingerprint density at radius 3 is 2.90 bits per heavy atom. The third kappa shape index (κ3) is 2.11. The average Bonchev–Trinajstić information content (AvgIpc) is 3.15. The topological polar surface area (TPSA) is 67.4 Å². The summed E-state index contributed by atoms with van der Waals surface area (Å²) in [4.78, 5) is 17.1. The molecule has 0 aromatic carbocycles. The standard InChI is InChI=1S/C14H15N5S2/c15-12-18-14(11-3-1-6-20-11)9-19(7-10(14)8-21-12)13-16-4-2-5-17-13/h1-6,10H,7-9H2,(H2,15,18)/t10-,14-/m0/s1. The van der Waals surface area contributed by atoms with Gasteiger partial charge in [0.2, 0.25) is 5.95 Å². The molecule has 5 nitrogen and oxygen atoms in total. The van der Waals surface area contributed by atoms with Crippen LogP contribution in [0.5, 0.6) is 0 Å². The van der Waals surface area contributed by atoms with Crippen LogP contribution >= 0.6 is 23.1 Å². The summed E-state index contributed by atoms with van der Waals surface area (Å²) in [5, 5.41) is 2.80. The van der Waals surface area contributed by atoms with Gasteiger partial charge in [0.05, 0.1) is 6.54 Å². The zero-order valence-electron chi connectivity index (χ0n) is 11.3. The van der Waals surface area contributed by atoms with Gasteiger partial charge in [-0.2, -0.15) is 0 Å². The maximum atomic E-state index is 6.03. The predicted molar refractivity (Wildman–Crippen MR) is 87.8 cm³/mol. The SMILES string of the molecule is NC1=N[C@@]2(c3cccs3)CN(c3ncccn3)C[C@H]2CS1. The minimum atomic E-state index is -0.233. The van der Waals surface area contributed by atoms with E-state index in [1.807, 2.05) is 6.07 Å². The first kappa shape index (κ1) is 13.1. The zero-order chi connectivity index (χ0) is 14.3. The van der Waals surface area contributed by atoms with E-state index in [0.29, 0.717) is 11.1 Å². The number of thiophene rings is 1. The van der Waals surface area contributed by atoms with Crippen LogP contribution in [0.25, 0.3) is 0 Å². The van der Waals surface area contributed by atoms with Gasteiger partial charge in [-0.3, -0.25) is 0 Å². The lowest BCUT2D eigenvalue weighted by Gasteiger charge is -2.33. The van der Waals surface area contributed by atoms with E-state index in [0.717, 1.165) is 24.8 Å². The average molecular weight is 317 g/mol. The van der Waals surface area contributed by atoms with Crippen molar-refractivity contribution in [2.75, 3.05) is 23.7 Å². The van der Waals surface area contributed by atoms with Crippen molar-refractivity contribution in [2.45, 2.75) is 5.54 Å². The molecule has 0 radical (unpaired) electrons. The fourth-order valence-corrected chi connectivity index (χ4v) is 5.02. The molecule has 2 atom stereocenters. The molecule has 2 aliphatic rings. The highest BCUT2D eigenvalue weighted by Gasteiger charge is 2.51. The number of amidine groups is 1. The molecule has 2 aliphatic heterocycles. The van der Waals surface area contributed by atoms with E-state index in [1.54, 1.807) is 35.5 Å². The van der Waals surface area contributed by atoms with Crippen LogP contribution in [0.1, 0.15) is 4.88 Å². The summed E-state index contributed by atoms with van der Waals surface area (Å²) in [5.74, 6) is 2.22. The van der Waals surface area contributed by atoms with Crippen LogP contribution < -0.4 is 10.6 Å². The lowest BCUT2D eigenvalue weighted by atomic mass is 9.87. The number of anilines is 1. The van der Waals surface area contributed by atoms with E-state index < -0.39 is 0 Å². The first-order valence-corrected chi connectivity index (χ1v) is 8.68. The number of thioether (sulfide) groups is 1. The Kier molecular flexibility index (Phi) is 3.11. The van der Waals surface area contributed by atoms with Crippen LogP contribution in [0.2, 0.25) is 0 Å². The lowest BCUT2D eigenvalue weighted by Crippen LogP contribution is -2.39. The van der Waals surface area contributed by atoms with E-state index in [-0.39, 0.29) is 5.54 Å². The highest BCUT2D eigenvalue weighted by molar-refractivity contribution is 8.13. The highest BCUT2D eigenvalue weighted by atomic mass is 32.2. The van der Waals surface area contributed by atoms with Crippen LogP contribution in [0.3, 0.4) is 0 Å². The van der Waals surface area contributed by atoms with E-state index in [2.05, 4.69) is 32.4 Å². The first-order chi connectivity index (χ1) is 10.3. The van der Waals surface area contributed by atoms with Gasteiger partial charge in [-0.25, -0.2) is 15.0 Å². The summed E-state index contributed by atoms with van der Waals surface area (Å²) in [6.07, 6.45) is 3.57. The van der Waals surface area contributed by atoms with Gasteiger partial charge in [-0.15, -0.1) is 11.3 Å². The van der Waals surface area contributed by atoms with Crippen LogP contribution in [-0.4, -0.2) is 34.0 Å². The van der Waals surface area contributed by atoms with Crippen molar-refractivity contribution in [1.82, 2.24) is 9.97 Å². The Hall–Kier alpha value is -1.60. The molecular formula is C14H15N5S2. The second-order valence-corrected chi connectivity index (χ2v) is 7.28. The van der Waals surface area contributed by atoms with Gasteiger partial charge in [-0.1, -0.05) is 17.8 Å². The van der Waals surface area contributed by atoms with Gasteiger partial charge in [-0.05, 0) is 17.5 Å². The number of nitrogens with two attached hydrogens (primary N) is 1. The summed E-state index contributed by atoms with van der Waals surface area (Å²) in [5.41, 5.74) is 5.80. The number of fused-ring (bicyclic) bond motifs is 1. The molecule has 2 N–H and O–H groups in total. The molecule has 1 fully saturated rings. The zero-order valence-corrected chi connectivity index (χ0v) is 13.0. The Bertz CT molecular complexity index is 657. The fraction of sp³-hybridized carbons (Fsp3) is 0.357. The van der Waals surface area contributed by atoms with Gasteiger partial charge in [0.1, 0.15) is 5.54 Å². The summed E-state index contributed by atoms with van der Waals surface area (Å²) in [6, 6.07) is 6.09. The normalized spacial score (nSPS) is 28.3. The molecule has 0 unspecified atom stereocenters. The van der Waals surface area contributed by atoms with Crippen LogP contribution in [0.15, 0.2) is 41.0 Å². The highest BCUT2D eigenvalue weighted by Crippen LogP contribution is 2.47.